The fourth-order valence-electron chi connectivity index (χ4n) is 1.69. The molecule has 0 atom stereocenters. The summed E-state index contributed by atoms with van der Waals surface area (Å²) >= 11 is 0. The van der Waals surface area contributed by atoms with Gasteiger partial charge in [-0.2, -0.15) is 0 Å². The summed E-state index contributed by atoms with van der Waals surface area (Å²) in [5, 5.41) is 3.21. The molecule has 2 aromatic heterocycles. The Hall–Kier alpha value is -2.10. The van der Waals surface area contributed by atoms with E-state index in [0.717, 1.165) is 12.1 Å². The highest BCUT2D eigenvalue weighted by Gasteiger charge is 2.03. The zero-order valence-corrected chi connectivity index (χ0v) is 9.85. The number of aromatic nitrogens is 2. The molecule has 2 heterocycles. The number of nitrogens with zero attached hydrogens (tertiary/aromatic N) is 2. The maximum absolute atomic E-state index is 5.81. The van der Waals surface area contributed by atoms with Crippen LogP contribution in [0.25, 0.3) is 0 Å². The molecule has 0 saturated heterocycles. The first-order chi connectivity index (χ1) is 8.31. The number of hydrogen-bond donors (Lipinski definition) is 2. The van der Waals surface area contributed by atoms with Crippen molar-refractivity contribution >= 4 is 11.5 Å². The van der Waals surface area contributed by atoms with Gasteiger partial charge in [0, 0.05) is 12.4 Å². The summed E-state index contributed by atoms with van der Waals surface area (Å²) in [6, 6.07) is 7.69. The van der Waals surface area contributed by atoms with Gasteiger partial charge in [-0.15, -0.1) is 0 Å². The van der Waals surface area contributed by atoms with Gasteiger partial charge >= 0.3 is 0 Å². The van der Waals surface area contributed by atoms with E-state index in [0.29, 0.717) is 18.1 Å². The maximum Gasteiger partial charge on any atom is 0.149 e. The highest BCUT2D eigenvalue weighted by molar-refractivity contribution is 5.60. The molecule has 0 aliphatic carbocycles. The number of rotatable bonds is 4. The number of hydrogen-bond acceptors (Lipinski definition) is 4. The number of pyridine rings is 2. The third kappa shape index (κ3) is 2.72. The molecule has 0 aromatic carbocycles. The Morgan fingerprint density at radius 2 is 1.94 bits per heavy atom. The van der Waals surface area contributed by atoms with Crippen molar-refractivity contribution in [3.8, 4) is 0 Å². The van der Waals surface area contributed by atoms with Crippen molar-refractivity contribution in [2.24, 2.45) is 0 Å². The van der Waals surface area contributed by atoms with E-state index in [-0.39, 0.29) is 0 Å². The minimum atomic E-state index is 0.644. The fraction of sp³-hybridized carbons (Fsp3) is 0.231. The van der Waals surface area contributed by atoms with Crippen LogP contribution in [0, 0.1) is 0 Å². The molecule has 0 spiro atoms. The van der Waals surface area contributed by atoms with E-state index in [4.69, 9.17) is 5.73 Å². The van der Waals surface area contributed by atoms with Gasteiger partial charge in [-0.3, -0.25) is 4.98 Å². The lowest BCUT2D eigenvalue weighted by atomic mass is 10.1. The van der Waals surface area contributed by atoms with Crippen LogP contribution in [0.2, 0.25) is 0 Å². The predicted octanol–water partition coefficient (Wildman–Crippen LogP) is 2.23. The summed E-state index contributed by atoms with van der Waals surface area (Å²) in [6.07, 6.45) is 4.50. The Morgan fingerprint density at radius 3 is 2.71 bits per heavy atom. The van der Waals surface area contributed by atoms with Crippen LogP contribution < -0.4 is 11.1 Å². The highest BCUT2D eigenvalue weighted by atomic mass is 15.0. The molecule has 88 valence electrons. The van der Waals surface area contributed by atoms with Crippen LogP contribution >= 0.6 is 0 Å². The summed E-state index contributed by atoms with van der Waals surface area (Å²) in [7, 11) is 0. The molecule has 4 heteroatoms. The van der Waals surface area contributed by atoms with Crippen molar-refractivity contribution < 1.29 is 0 Å². The van der Waals surface area contributed by atoms with E-state index in [1.54, 1.807) is 12.4 Å². The number of nitrogens with one attached hydrogen (secondary N) is 1. The Labute approximate surface area is 101 Å². The molecular formula is C13H16N4. The number of nitrogens with two attached hydrogens (primary N) is 1. The molecule has 0 unspecified atom stereocenters. The van der Waals surface area contributed by atoms with Crippen LogP contribution in [0.5, 0.6) is 0 Å². The molecule has 4 nitrogen and oxygen atoms in total. The van der Waals surface area contributed by atoms with Crippen molar-refractivity contribution in [1.82, 2.24) is 9.97 Å². The summed E-state index contributed by atoms with van der Waals surface area (Å²) in [5.41, 5.74) is 8.75. The van der Waals surface area contributed by atoms with E-state index in [1.165, 1.54) is 5.56 Å². The van der Waals surface area contributed by atoms with Crippen LogP contribution in [0.3, 0.4) is 0 Å². The lowest BCUT2D eigenvalue weighted by Crippen LogP contribution is -2.07. The Morgan fingerprint density at radius 1 is 1.18 bits per heavy atom. The lowest BCUT2D eigenvalue weighted by Gasteiger charge is -2.09. The summed E-state index contributed by atoms with van der Waals surface area (Å²) in [6.45, 7) is 2.76. The van der Waals surface area contributed by atoms with Gasteiger partial charge in [-0.05, 0) is 30.2 Å². The van der Waals surface area contributed by atoms with Gasteiger partial charge in [0.15, 0.2) is 0 Å². The first-order valence-corrected chi connectivity index (χ1v) is 5.68. The van der Waals surface area contributed by atoms with E-state index < -0.39 is 0 Å². The molecule has 0 saturated carbocycles. The topological polar surface area (TPSA) is 63.8 Å². The van der Waals surface area contributed by atoms with Gasteiger partial charge in [0.2, 0.25) is 0 Å². The monoisotopic (exact) mass is 228 g/mol. The number of nitrogen functional groups attached to an aromatic ring is 1. The van der Waals surface area contributed by atoms with Crippen LogP contribution in [-0.2, 0) is 13.0 Å². The maximum atomic E-state index is 5.81. The second kappa shape index (κ2) is 5.30. The van der Waals surface area contributed by atoms with E-state index >= 15 is 0 Å². The molecule has 0 radical (unpaired) electrons. The normalized spacial score (nSPS) is 10.2. The standard InChI is InChI=1S/C13H16N4/c1-2-10-5-3-7-15-12(10)9-17-13-11(14)6-4-8-16-13/h3-8H,2,9,14H2,1H3,(H,16,17). The predicted molar refractivity (Wildman–Crippen MR) is 69.6 cm³/mol. The second-order valence-electron chi connectivity index (χ2n) is 3.76. The lowest BCUT2D eigenvalue weighted by molar-refractivity contribution is 0.965. The minimum Gasteiger partial charge on any atom is -0.396 e. The van der Waals surface area contributed by atoms with Crippen molar-refractivity contribution in [2.45, 2.75) is 19.9 Å². The summed E-state index contributed by atoms with van der Waals surface area (Å²) < 4.78 is 0. The molecule has 0 amide bonds. The smallest absolute Gasteiger partial charge is 0.149 e. The van der Waals surface area contributed by atoms with Gasteiger partial charge in [0.25, 0.3) is 0 Å². The van der Waals surface area contributed by atoms with Gasteiger partial charge in [0.05, 0.1) is 17.9 Å². The molecule has 0 aliphatic rings. The fourth-order valence-corrected chi connectivity index (χ4v) is 1.69. The van der Waals surface area contributed by atoms with Gasteiger partial charge < -0.3 is 11.1 Å². The third-order valence-electron chi connectivity index (χ3n) is 2.63. The zero-order valence-electron chi connectivity index (χ0n) is 9.85. The first kappa shape index (κ1) is 11.4. The van der Waals surface area contributed by atoms with Gasteiger partial charge in [0.1, 0.15) is 5.82 Å². The molecule has 2 aromatic rings. The Balaban J connectivity index is 2.10. The van der Waals surface area contributed by atoms with E-state index in [1.807, 2.05) is 18.2 Å². The minimum absolute atomic E-state index is 0.644. The van der Waals surface area contributed by atoms with Gasteiger partial charge in [-0.25, -0.2) is 4.98 Å². The van der Waals surface area contributed by atoms with Crippen molar-refractivity contribution in [3.05, 3.63) is 47.9 Å². The van der Waals surface area contributed by atoms with Crippen molar-refractivity contribution in [2.75, 3.05) is 11.1 Å². The molecule has 0 bridgehead atoms. The van der Waals surface area contributed by atoms with Gasteiger partial charge in [-0.1, -0.05) is 13.0 Å². The Kier molecular flexibility index (Phi) is 3.55. The molecular weight excluding hydrogens is 212 g/mol. The average molecular weight is 228 g/mol. The number of anilines is 2. The quantitative estimate of drug-likeness (QED) is 0.842. The van der Waals surface area contributed by atoms with Crippen LogP contribution in [0.15, 0.2) is 36.7 Å². The van der Waals surface area contributed by atoms with Crippen molar-refractivity contribution in [3.63, 3.8) is 0 Å². The summed E-state index contributed by atoms with van der Waals surface area (Å²) in [4.78, 5) is 8.55. The molecule has 17 heavy (non-hydrogen) atoms. The SMILES string of the molecule is CCc1cccnc1CNc1ncccc1N. The van der Waals surface area contributed by atoms with E-state index in [2.05, 4.69) is 28.3 Å². The second-order valence-corrected chi connectivity index (χ2v) is 3.76. The zero-order chi connectivity index (χ0) is 12.1. The highest BCUT2D eigenvalue weighted by Crippen LogP contribution is 2.15. The molecule has 0 fully saturated rings. The third-order valence-corrected chi connectivity index (χ3v) is 2.63. The van der Waals surface area contributed by atoms with E-state index in [9.17, 15) is 0 Å². The average Bonchev–Trinajstić information content (AvgIpc) is 2.38. The van der Waals surface area contributed by atoms with Crippen LogP contribution in [0.1, 0.15) is 18.2 Å². The molecule has 2 rings (SSSR count). The number of aryl methyl sites for hydroxylation is 1. The molecule has 0 aliphatic heterocycles. The van der Waals surface area contributed by atoms with Crippen LogP contribution in [-0.4, -0.2) is 9.97 Å². The molecule has 3 N–H and O–H groups in total. The van der Waals surface area contributed by atoms with Crippen molar-refractivity contribution in [1.29, 1.82) is 0 Å². The Bertz CT molecular complexity index is 496. The first-order valence-electron chi connectivity index (χ1n) is 5.68. The van der Waals surface area contributed by atoms with Crippen LogP contribution in [0.4, 0.5) is 11.5 Å². The summed E-state index contributed by atoms with van der Waals surface area (Å²) in [5.74, 6) is 0.709. The largest absolute Gasteiger partial charge is 0.396 e.